The Morgan fingerprint density at radius 2 is 2.27 bits per heavy atom. The highest BCUT2D eigenvalue weighted by Crippen LogP contribution is 2.12. The highest BCUT2D eigenvalue weighted by atomic mass is 16.5. The molecule has 2 heteroatoms. The van der Waals surface area contributed by atoms with Crippen molar-refractivity contribution in [2.75, 3.05) is 13.1 Å². The molecular weight excluding hydrogens is 186 g/mol. The SMILES string of the molecule is Cc1ccccc1CO[C@H]1CCCNC1. The van der Waals surface area contributed by atoms with Crippen LogP contribution in [-0.2, 0) is 11.3 Å². The van der Waals surface area contributed by atoms with Gasteiger partial charge in [0, 0.05) is 6.54 Å². The van der Waals surface area contributed by atoms with Crippen molar-refractivity contribution in [3.8, 4) is 0 Å². The summed E-state index contributed by atoms with van der Waals surface area (Å²) in [7, 11) is 0. The van der Waals surface area contributed by atoms with E-state index in [-0.39, 0.29) is 0 Å². The lowest BCUT2D eigenvalue weighted by atomic mass is 10.1. The average Bonchev–Trinajstić information content (AvgIpc) is 2.29. The van der Waals surface area contributed by atoms with E-state index in [0.29, 0.717) is 6.10 Å². The monoisotopic (exact) mass is 205 g/mol. The van der Waals surface area contributed by atoms with Crippen LogP contribution in [0.2, 0.25) is 0 Å². The van der Waals surface area contributed by atoms with Crippen LogP contribution in [0.15, 0.2) is 24.3 Å². The molecule has 1 N–H and O–H groups in total. The van der Waals surface area contributed by atoms with Crippen LogP contribution in [-0.4, -0.2) is 19.2 Å². The number of ether oxygens (including phenoxy) is 1. The van der Waals surface area contributed by atoms with Crippen LogP contribution in [0.1, 0.15) is 24.0 Å². The third-order valence-electron chi connectivity index (χ3n) is 2.99. The molecule has 0 bridgehead atoms. The van der Waals surface area contributed by atoms with Crippen molar-refractivity contribution in [1.29, 1.82) is 0 Å². The molecule has 0 unspecified atom stereocenters. The van der Waals surface area contributed by atoms with Gasteiger partial charge in [0.25, 0.3) is 0 Å². The number of aryl methyl sites for hydroxylation is 1. The minimum absolute atomic E-state index is 0.401. The van der Waals surface area contributed by atoms with Gasteiger partial charge in [0.1, 0.15) is 0 Å². The van der Waals surface area contributed by atoms with Crippen molar-refractivity contribution in [3.63, 3.8) is 0 Å². The maximum atomic E-state index is 5.89. The second-order valence-electron chi connectivity index (χ2n) is 4.21. The van der Waals surface area contributed by atoms with Gasteiger partial charge in [-0.05, 0) is 37.4 Å². The minimum Gasteiger partial charge on any atom is -0.372 e. The maximum absolute atomic E-state index is 5.89. The minimum atomic E-state index is 0.401. The number of piperidine rings is 1. The predicted molar refractivity (Wildman–Crippen MR) is 61.9 cm³/mol. The summed E-state index contributed by atoms with van der Waals surface area (Å²) in [5.41, 5.74) is 2.63. The Bertz CT molecular complexity index is 305. The molecule has 0 spiro atoms. The van der Waals surface area contributed by atoms with E-state index in [1.54, 1.807) is 0 Å². The van der Waals surface area contributed by atoms with E-state index in [1.807, 2.05) is 0 Å². The van der Waals surface area contributed by atoms with Crippen LogP contribution >= 0.6 is 0 Å². The van der Waals surface area contributed by atoms with Crippen LogP contribution in [0.5, 0.6) is 0 Å². The first-order chi connectivity index (χ1) is 7.36. The zero-order valence-corrected chi connectivity index (χ0v) is 9.33. The molecule has 1 saturated heterocycles. The lowest BCUT2D eigenvalue weighted by Gasteiger charge is -2.23. The predicted octanol–water partition coefficient (Wildman–Crippen LogP) is 2.26. The quantitative estimate of drug-likeness (QED) is 0.817. The van der Waals surface area contributed by atoms with E-state index in [0.717, 1.165) is 19.7 Å². The average molecular weight is 205 g/mol. The largest absolute Gasteiger partial charge is 0.372 e. The van der Waals surface area contributed by atoms with Crippen LogP contribution in [0.4, 0.5) is 0 Å². The standard InChI is InChI=1S/C13H19NO/c1-11-5-2-3-6-12(11)10-15-13-7-4-8-14-9-13/h2-3,5-6,13-14H,4,7-10H2,1H3/t13-/m0/s1. The fourth-order valence-corrected chi connectivity index (χ4v) is 1.94. The number of rotatable bonds is 3. The zero-order valence-electron chi connectivity index (χ0n) is 9.33. The zero-order chi connectivity index (χ0) is 10.5. The van der Waals surface area contributed by atoms with Gasteiger partial charge in [0.05, 0.1) is 12.7 Å². The van der Waals surface area contributed by atoms with Gasteiger partial charge in [-0.1, -0.05) is 24.3 Å². The highest BCUT2D eigenvalue weighted by Gasteiger charge is 2.13. The summed E-state index contributed by atoms with van der Waals surface area (Å²) in [6, 6.07) is 8.43. The molecule has 0 aromatic heterocycles. The number of nitrogens with one attached hydrogen (secondary N) is 1. The molecular formula is C13H19NO. The summed E-state index contributed by atoms with van der Waals surface area (Å²) in [6.07, 6.45) is 2.83. The Morgan fingerprint density at radius 1 is 1.40 bits per heavy atom. The van der Waals surface area contributed by atoms with E-state index < -0.39 is 0 Å². The molecule has 1 heterocycles. The number of hydrogen-bond acceptors (Lipinski definition) is 2. The summed E-state index contributed by atoms with van der Waals surface area (Å²) in [5, 5.41) is 3.36. The van der Waals surface area contributed by atoms with Gasteiger partial charge in [0.15, 0.2) is 0 Å². The summed E-state index contributed by atoms with van der Waals surface area (Å²) in [5.74, 6) is 0. The normalized spacial score (nSPS) is 21.5. The van der Waals surface area contributed by atoms with Crippen molar-refractivity contribution in [2.24, 2.45) is 0 Å². The fourth-order valence-electron chi connectivity index (χ4n) is 1.94. The lowest BCUT2D eigenvalue weighted by Crippen LogP contribution is -2.35. The van der Waals surface area contributed by atoms with Gasteiger partial charge < -0.3 is 10.1 Å². The fraction of sp³-hybridized carbons (Fsp3) is 0.538. The van der Waals surface area contributed by atoms with Gasteiger partial charge in [-0.3, -0.25) is 0 Å². The van der Waals surface area contributed by atoms with Gasteiger partial charge in [-0.2, -0.15) is 0 Å². The Morgan fingerprint density at radius 3 is 3.00 bits per heavy atom. The molecule has 82 valence electrons. The smallest absolute Gasteiger partial charge is 0.0723 e. The van der Waals surface area contributed by atoms with Crippen molar-refractivity contribution in [3.05, 3.63) is 35.4 Å². The first-order valence-corrected chi connectivity index (χ1v) is 5.73. The Balaban J connectivity index is 1.84. The van der Waals surface area contributed by atoms with E-state index >= 15 is 0 Å². The Hall–Kier alpha value is -0.860. The molecule has 0 saturated carbocycles. The molecule has 1 fully saturated rings. The summed E-state index contributed by atoms with van der Waals surface area (Å²) >= 11 is 0. The highest BCUT2D eigenvalue weighted by molar-refractivity contribution is 5.24. The van der Waals surface area contributed by atoms with Gasteiger partial charge >= 0.3 is 0 Å². The van der Waals surface area contributed by atoms with Crippen LogP contribution in [0.3, 0.4) is 0 Å². The molecule has 15 heavy (non-hydrogen) atoms. The van der Waals surface area contributed by atoms with E-state index in [4.69, 9.17) is 4.74 Å². The molecule has 0 aliphatic carbocycles. The van der Waals surface area contributed by atoms with Crippen molar-refractivity contribution in [2.45, 2.75) is 32.5 Å². The Labute approximate surface area is 91.6 Å². The molecule has 1 aliphatic heterocycles. The van der Waals surface area contributed by atoms with Gasteiger partial charge in [-0.15, -0.1) is 0 Å². The summed E-state index contributed by atoms with van der Waals surface area (Å²) in [4.78, 5) is 0. The van der Waals surface area contributed by atoms with Crippen molar-refractivity contribution in [1.82, 2.24) is 5.32 Å². The number of hydrogen-bond donors (Lipinski definition) is 1. The lowest BCUT2D eigenvalue weighted by molar-refractivity contribution is 0.0250. The third kappa shape index (κ3) is 3.05. The first kappa shape index (κ1) is 10.7. The molecule has 0 radical (unpaired) electrons. The maximum Gasteiger partial charge on any atom is 0.0723 e. The van der Waals surface area contributed by atoms with Gasteiger partial charge in [-0.25, -0.2) is 0 Å². The van der Waals surface area contributed by atoms with Crippen molar-refractivity contribution >= 4 is 0 Å². The van der Waals surface area contributed by atoms with Crippen molar-refractivity contribution < 1.29 is 4.74 Å². The molecule has 1 atom stereocenters. The Kier molecular flexibility index (Phi) is 3.75. The summed E-state index contributed by atoms with van der Waals surface area (Å²) in [6.45, 7) is 5.03. The van der Waals surface area contributed by atoms with E-state index in [2.05, 4.69) is 36.5 Å². The second kappa shape index (κ2) is 5.29. The van der Waals surface area contributed by atoms with Crippen LogP contribution < -0.4 is 5.32 Å². The molecule has 1 aliphatic rings. The third-order valence-corrected chi connectivity index (χ3v) is 2.99. The molecule has 2 nitrogen and oxygen atoms in total. The molecule has 1 aromatic carbocycles. The topological polar surface area (TPSA) is 21.3 Å². The number of benzene rings is 1. The first-order valence-electron chi connectivity index (χ1n) is 5.73. The molecule has 2 rings (SSSR count). The molecule has 0 amide bonds. The van der Waals surface area contributed by atoms with Crippen LogP contribution in [0, 0.1) is 6.92 Å². The molecule has 1 aromatic rings. The van der Waals surface area contributed by atoms with Gasteiger partial charge in [0.2, 0.25) is 0 Å². The van der Waals surface area contributed by atoms with E-state index in [1.165, 1.54) is 24.0 Å². The summed E-state index contributed by atoms with van der Waals surface area (Å²) < 4.78 is 5.89. The second-order valence-corrected chi connectivity index (χ2v) is 4.21. The van der Waals surface area contributed by atoms with E-state index in [9.17, 15) is 0 Å². The van der Waals surface area contributed by atoms with Crippen LogP contribution in [0.25, 0.3) is 0 Å².